The molecule has 0 aliphatic carbocycles. The lowest BCUT2D eigenvalue weighted by Crippen LogP contribution is -2.40. The molecule has 0 N–H and O–H groups in total. The number of hydrogen-bond donors (Lipinski definition) is 0. The van der Waals surface area contributed by atoms with E-state index < -0.39 is 12.0 Å². The van der Waals surface area contributed by atoms with Crippen molar-refractivity contribution in [1.29, 1.82) is 0 Å². The Bertz CT molecular complexity index is 1560. The molecule has 3 aromatic rings. The average Bonchev–Trinajstić information content (AvgIpc) is 3.21. The Balaban J connectivity index is 2.00. The molecule has 0 amide bonds. The standard InChI is InChI=1S/C27H23BrN2O5S/c1-5-12-35-24-17(13-18(28)15-20(24)33-3)14-21-25(31)30-23(16-10-8-7-9-11-16)22(26(32)34-4)19(6-2)29-27(30)36-21/h1,7-11,13-15,23H,6,12H2,2-4H3/b21-14+/t23-/m1/s1. The average molecular weight is 567 g/mol. The van der Waals surface area contributed by atoms with Gasteiger partial charge < -0.3 is 14.2 Å². The van der Waals surface area contributed by atoms with Crippen LogP contribution in [0.15, 0.2) is 68.0 Å². The summed E-state index contributed by atoms with van der Waals surface area (Å²) in [6.07, 6.45) is 7.62. The molecule has 0 unspecified atom stereocenters. The number of hydrogen-bond acceptors (Lipinski definition) is 7. The van der Waals surface area contributed by atoms with Crippen molar-refractivity contribution in [3.05, 3.63) is 89.0 Å². The SMILES string of the molecule is C#CCOc1c(/C=c2/sc3n(c2=O)[C@H](c2ccccc2)C(C(=O)OC)=C(CC)N=3)cc(Br)cc1OC. The minimum Gasteiger partial charge on any atom is -0.493 e. The lowest BCUT2D eigenvalue weighted by molar-refractivity contribution is -0.136. The first kappa shape index (κ1) is 25.5. The van der Waals surface area contributed by atoms with E-state index in [-0.39, 0.29) is 12.2 Å². The van der Waals surface area contributed by atoms with E-state index in [1.807, 2.05) is 43.3 Å². The third-order valence-electron chi connectivity index (χ3n) is 5.62. The maximum atomic E-state index is 13.8. The van der Waals surface area contributed by atoms with Crippen molar-refractivity contribution in [3.63, 3.8) is 0 Å². The summed E-state index contributed by atoms with van der Waals surface area (Å²) in [6.45, 7) is 1.96. The van der Waals surface area contributed by atoms with Crippen LogP contribution in [-0.2, 0) is 9.53 Å². The van der Waals surface area contributed by atoms with E-state index in [0.29, 0.717) is 44.1 Å². The van der Waals surface area contributed by atoms with Crippen molar-refractivity contribution in [3.8, 4) is 23.8 Å². The predicted molar refractivity (Wildman–Crippen MR) is 142 cm³/mol. The molecule has 1 atom stereocenters. The number of halogens is 1. The van der Waals surface area contributed by atoms with Gasteiger partial charge in [0.1, 0.15) is 6.61 Å². The molecule has 0 saturated heterocycles. The van der Waals surface area contributed by atoms with Gasteiger partial charge in [0, 0.05) is 10.0 Å². The number of carbonyl (C=O) groups is 1. The molecule has 1 aliphatic rings. The number of benzene rings is 2. The third-order valence-corrected chi connectivity index (χ3v) is 7.06. The van der Waals surface area contributed by atoms with Crippen LogP contribution in [0.1, 0.15) is 30.5 Å². The molecule has 1 aliphatic heterocycles. The van der Waals surface area contributed by atoms with Gasteiger partial charge in [-0.05, 0) is 30.2 Å². The molecule has 0 fully saturated rings. The lowest BCUT2D eigenvalue weighted by atomic mass is 9.95. The molecule has 4 rings (SSSR count). The number of ether oxygens (including phenoxy) is 3. The first-order valence-electron chi connectivity index (χ1n) is 11.0. The summed E-state index contributed by atoms with van der Waals surface area (Å²) in [7, 11) is 2.86. The fourth-order valence-electron chi connectivity index (χ4n) is 4.07. The second-order valence-electron chi connectivity index (χ2n) is 7.72. The summed E-state index contributed by atoms with van der Waals surface area (Å²) in [5.74, 6) is 2.83. The Labute approximate surface area is 220 Å². The number of fused-ring (bicyclic) bond motifs is 1. The maximum Gasteiger partial charge on any atom is 0.338 e. The molecule has 184 valence electrons. The van der Waals surface area contributed by atoms with E-state index in [2.05, 4.69) is 26.8 Å². The van der Waals surface area contributed by atoms with E-state index in [1.165, 1.54) is 25.6 Å². The maximum absolute atomic E-state index is 13.8. The highest BCUT2D eigenvalue weighted by molar-refractivity contribution is 9.10. The largest absolute Gasteiger partial charge is 0.493 e. The van der Waals surface area contributed by atoms with Crippen LogP contribution in [0.4, 0.5) is 0 Å². The van der Waals surface area contributed by atoms with E-state index >= 15 is 0 Å². The summed E-state index contributed by atoms with van der Waals surface area (Å²) in [5, 5.41) is 0. The van der Waals surface area contributed by atoms with Gasteiger partial charge >= 0.3 is 5.97 Å². The van der Waals surface area contributed by atoms with Gasteiger partial charge in [-0.2, -0.15) is 0 Å². The predicted octanol–water partition coefficient (Wildman–Crippen LogP) is 3.58. The second kappa shape index (κ2) is 11.0. The van der Waals surface area contributed by atoms with Crippen LogP contribution < -0.4 is 24.4 Å². The smallest absolute Gasteiger partial charge is 0.338 e. The Morgan fingerprint density at radius 1 is 1.28 bits per heavy atom. The number of carbonyl (C=O) groups excluding carboxylic acids is 1. The van der Waals surface area contributed by atoms with Crippen LogP contribution in [0.2, 0.25) is 0 Å². The molecule has 1 aromatic heterocycles. The van der Waals surface area contributed by atoms with Gasteiger partial charge in [-0.15, -0.1) is 6.42 Å². The number of terminal acetylenes is 1. The van der Waals surface area contributed by atoms with Crippen molar-refractivity contribution in [2.75, 3.05) is 20.8 Å². The van der Waals surface area contributed by atoms with Crippen molar-refractivity contribution >= 4 is 39.3 Å². The highest BCUT2D eigenvalue weighted by atomic mass is 79.9. The lowest BCUT2D eigenvalue weighted by Gasteiger charge is -2.25. The van der Waals surface area contributed by atoms with Gasteiger partial charge in [0.2, 0.25) is 0 Å². The molecule has 9 heteroatoms. The van der Waals surface area contributed by atoms with Crippen molar-refractivity contribution in [2.45, 2.75) is 19.4 Å². The van der Waals surface area contributed by atoms with Crippen LogP contribution in [-0.4, -0.2) is 31.4 Å². The molecule has 2 heterocycles. The summed E-state index contributed by atoms with van der Waals surface area (Å²) in [4.78, 5) is 31.9. The molecule has 7 nitrogen and oxygen atoms in total. The molecule has 0 saturated carbocycles. The second-order valence-corrected chi connectivity index (χ2v) is 9.64. The number of aromatic nitrogens is 1. The Morgan fingerprint density at radius 2 is 2.03 bits per heavy atom. The minimum atomic E-state index is -0.666. The number of methoxy groups -OCH3 is 2. The van der Waals surface area contributed by atoms with E-state index in [4.69, 9.17) is 20.6 Å². The van der Waals surface area contributed by atoms with Gasteiger partial charge in [0.25, 0.3) is 5.56 Å². The first-order valence-corrected chi connectivity index (χ1v) is 12.7. The third kappa shape index (κ3) is 4.74. The topological polar surface area (TPSA) is 79.1 Å². The highest BCUT2D eigenvalue weighted by Crippen LogP contribution is 2.36. The van der Waals surface area contributed by atoms with E-state index in [1.54, 1.807) is 16.7 Å². The Morgan fingerprint density at radius 3 is 2.67 bits per heavy atom. The fraction of sp³-hybridized carbons (Fsp3) is 0.222. The number of rotatable bonds is 7. The molecule has 2 aromatic carbocycles. The zero-order valence-corrected chi connectivity index (χ0v) is 22.3. The van der Waals surface area contributed by atoms with Gasteiger partial charge in [-0.3, -0.25) is 9.36 Å². The minimum absolute atomic E-state index is 0.0381. The van der Waals surface area contributed by atoms with Gasteiger partial charge in [0.15, 0.2) is 16.3 Å². The molecular formula is C27H23BrN2O5S. The fourth-order valence-corrected chi connectivity index (χ4v) is 5.54. The first-order chi connectivity index (χ1) is 17.4. The Kier molecular flexibility index (Phi) is 7.77. The van der Waals surface area contributed by atoms with E-state index in [0.717, 1.165) is 10.0 Å². The van der Waals surface area contributed by atoms with Crippen LogP contribution in [0, 0.1) is 12.3 Å². The zero-order valence-electron chi connectivity index (χ0n) is 19.9. The molecule has 36 heavy (non-hydrogen) atoms. The van der Waals surface area contributed by atoms with Crippen molar-refractivity contribution in [1.82, 2.24) is 4.57 Å². The van der Waals surface area contributed by atoms with Crippen LogP contribution in [0.5, 0.6) is 11.5 Å². The molecular weight excluding hydrogens is 544 g/mol. The highest BCUT2D eigenvalue weighted by Gasteiger charge is 2.33. The van der Waals surface area contributed by atoms with E-state index in [9.17, 15) is 9.59 Å². The van der Waals surface area contributed by atoms with Crippen LogP contribution in [0.3, 0.4) is 0 Å². The quantitative estimate of drug-likeness (QED) is 0.322. The van der Waals surface area contributed by atoms with Crippen molar-refractivity contribution < 1.29 is 19.0 Å². The summed E-state index contributed by atoms with van der Waals surface area (Å²) in [6, 6.07) is 12.3. The van der Waals surface area contributed by atoms with Crippen molar-refractivity contribution in [2.24, 2.45) is 4.99 Å². The number of thiazole rings is 1. The van der Waals surface area contributed by atoms with Gasteiger partial charge in [-0.1, -0.05) is 70.4 Å². The Hall–Kier alpha value is -3.61. The number of esters is 1. The van der Waals surface area contributed by atoms with Gasteiger partial charge in [0.05, 0.1) is 36.1 Å². The summed E-state index contributed by atoms with van der Waals surface area (Å²) in [5.41, 5.74) is 2.05. The van der Waals surface area contributed by atoms with Gasteiger partial charge in [-0.25, -0.2) is 9.79 Å². The summed E-state index contributed by atoms with van der Waals surface area (Å²) >= 11 is 4.72. The van der Waals surface area contributed by atoms with Crippen LogP contribution in [0.25, 0.3) is 6.08 Å². The molecule has 0 radical (unpaired) electrons. The van der Waals surface area contributed by atoms with Crippen LogP contribution >= 0.6 is 27.3 Å². The summed E-state index contributed by atoms with van der Waals surface area (Å²) < 4.78 is 19.0. The molecule has 0 spiro atoms. The number of nitrogens with zero attached hydrogens (tertiary/aromatic N) is 2. The number of allylic oxidation sites excluding steroid dienone is 1. The normalized spacial score (nSPS) is 15.1. The molecule has 0 bridgehead atoms. The zero-order chi connectivity index (χ0) is 25.8. The monoisotopic (exact) mass is 566 g/mol.